The second-order valence-electron chi connectivity index (χ2n) is 3.67. The van der Waals surface area contributed by atoms with E-state index in [9.17, 15) is 0 Å². The molecule has 1 aromatic heterocycles. The fourth-order valence-electron chi connectivity index (χ4n) is 1.69. The average molecular weight is 181 g/mol. The van der Waals surface area contributed by atoms with Crippen LogP contribution in [0.25, 0.3) is 0 Å². The van der Waals surface area contributed by atoms with Gasteiger partial charge in [-0.05, 0) is 12.8 Å². The molecule has 1 heterocycles. The monoisotopic (exact) mass is 181 g/mol. The summed E-state index contributed by atoms with van der Waals surface area (Å²) in [6.45, 7) is 11.1. The molecule has 0 N–H and O–H groups in total. The van der Waals surface area contributed by atoms with Crippen molar-refractivity contribution in [2.45, 2.75) is 53.6 Å². The smallest absolute Gasteiger partial charge is 0.234 e. The summed E-state index contributed by atoms with van der Waals surface area (Å²) in [7, 11) is 0. The molecule has 0 amide bonds. The maximum atomic E-state index is 2.35. The van der Waals surface area contributed by atoms with Gasteiger partial charge in [-0.3, -0.25) is 0 Å². The molecule has 2 nitrogen and oxygen atoms in total. The Hall–Kier alpha value is -0.790. The lowest BCUT2D eigenvalue weighted by atomic mass is 10.3. The molecule has 0 aliphatic rings. The summed E-state index contributed by atoms with van der Waals surface area (Å²) < 4.78 is 4.70. The molecule has 0 aliphatic carbocycles. The fourth-order valence-corrected chi connectivity index (χ4v) is 1.69. The number of rotatable bonds is 4. The summed E-state index contributed by atoms with van der Waals surface area (Å²) in [6.07, 6.45) is 4.67. The standard InChI is InChI=1S/C11H21N2/c1-5-7-12-9-13(8-6-2)11(4)10(12)3/h9H,5-8H2,1-4H3/q+1. The third kappa shape index (κ3) is 2.11. The molecule has 0 saturated carbocycles. The Balaban J connectivity index is 2.90. The highest BCUT2D eigenvalue weighted by Crippen LogP contribution is 2.03. The summed E-state index contributed by atoms with van der Waals surface area (Å²) in [4.78, 5) is 0. The summed E-state index contributed by atoms with van der Waals surface area (Å²) in [5.74, 6) is 0. The van der Waals surface area contributed by atoms with Crippen molar-refractivity contribution >= 4 is 0 Å². The Bertz CT molecular complexity index is 247. The van der Waals surface area contributed by atoms with Crippen LogP contribution in [0.1, 0.15) is 38.1 Å². The number of hydrogen-bond acceptors (Lipinski definition) is 0. The van der Waals surface area contributed by atoms with Crippen LogP contribution in [0.2, 0.25) is 0 Å². The van der Waals surface area contributed by atoms with Gasteiger partial charge in [-0.15, -0.1) is 0 Å². The predicted octanol–water partition coefficient (Wildman–Crippen LogP) is 2.21. The minimum absolute atomic E-state index is 1.14. The van der Waals surface area contributed by atoms with Gasteiger partial charge in [0.05, 0.1) is 13.1 Å². The van der Waals surface area contributed by atoms with Crippen LogP contribution >= 0.6 is 0 Å². The first kappa shape index (κ1) is 10.3. The zero-order valence-electron chi connectivity index (χ0n) is 9.30. The second kappa shape index (κ2) is 4.45. The SMILES string of the molecule is CCCn1c[n+](CCC)c(C)c1C. The van der Waals surface area contributed by atoms with E-state index >= 15 is 0 Å². The molecule has 74 valence electrons. The van der Waals surface area contributed by atoms with Crippen LogP contribution in [0.3, 0.4) is 0 Å². The van der Waals surface area contributed by atoms with Crippen LogP contribution in [-0.4, -0.2) is 4.57 Å². The van der Waals surface area contributed by atoms with Crippen molar-refractivity contribution in [1.29, 1.82) is 0 Å². The first-order valence-corrected chi connectivity index (χ1v) is 5.26. The molecule has 1 rings (SSSR count). The van der Waals surface area contributed by atoms with E-state index in [1.165, 1.54) is 24.2 Å². The highest BCUT2D eigenvalue weighted by Gasteiger charge is 2.13. The molecule has 0 aromatic carbocycles. The molecule has 2 heteroatoms. The highest BCUT2D eigenvalue weighted by atomic mass is 15.1. The molecule has 13 heavy (non-hydrogen) atoms. The first-order valence-electron chi connectivity index (χ1n) is 5.26. The maximum absolute atomic E-state index is 2.35. The van der Waals surface area contributed by atoms with E-state index in [4.69, 9.17) is 0 Å². The summed E-state index contributed by atoms with van der Waals surface area (Å²) in [5, 5.41) is 0. The molecular formula is C11H21N2+. The Labute approximate surface area is 81.2 Å². The number of nitrogens with zero attached hydrogens (tertiary/aromatic N) is 2. The van der Waals surface area contributed by atoms with Crippen molar-refractivity contribution in [3.8, 4) is 0 Å². The Morgan fingerprint density at radius 2 is 1.92 bits per heavy atom. The molecule has 0 atom stereocenters. The van der Waals surface area contributed by atoms with Crippen LogP contribution in [0, 0.1) is 13.8 Å². The Kier molecular flexibility index (Phi) is 3.52. The molecule has 0 radical (unpaired) electrons. The molecule has 0 spiro atoms. The van der Waals surface area contributed by atoms with Gasteiger partial charge in [0.25, 0.3) is 0 Å². The minimum atomic E-state index is 1.14. The molecule has 0 fully saturated rings. The Morgan fingerprint density at radius 1 is 1.23 bits per heavy atom. The van der Waals surface area contributed by atoms with Crippen molar-refractivity contribution in [3.63, 3.8) is 0 Å². The zero-order chi connectivity index (χ0) is 9.84. The van der Waals surface area contributed by atoms with Gasteiger partial charge in [0, 0.05) is 13.8 Å². The average Bonchev–Trinajstić information content (AvgIpc) is 2.36. The van der Waals surface area contributed by atoms with Gasteiger partial charge < -0.3 is 0 Å². The summed E-state index contributed by atoms with van der Waals surface area (Å²) >= 11 is 0. The number of imidazole rings is 1. The lowest BCUT2D eigenvalue weighted by Gasteiger charge is -1.92. The Morgan fingerprint density at radius 3 is 2.46 bits per heavy atom. The van der Waals surface area contributed by atoms with Gasteiger partial charge in [-0.1, -0.05) is 13.8 Å². The van der Waals surface area contributed by atoms with Gasteiger partial charge in [-0.25, -0.2) is 9.13 Å². The third-order valence-corrected chi connectivity index (χ3v) is 2.59. The number of aryl methyl sites for hydroxylation is 2. The molecule has 1 aromatic rings. The van der Waals surface area contributed by atoms with Gasteiger partial charge in [0.15, 0.2) is 0 Å². The summed E-state index contributed by atoms with van der Waals surface area (Å²) in [5.41, 5.74) is 2.82. The van der Waals surface area contributed by atoms with E-state index in [1.807, 2.05) is 0 Å². The summed E-state index contributed by atoms with van der Waals surface area (Å²) in [6, 6.07) is 0. The van der Waals surface area contributed by atoms with Crippen LogP contribution in [-0.2, 0) is 13.1 Å². The zero-order valence-corrected chi connectivity index (χ0v) is 9.30. The topological polar surface area (TPSA) is 8.81 Å². The largest absolute Gasteiger partial charge is 0.244 e. The first-order chi connectivity index (χ1) is 6.20. The molecule has 0 unspecified atom stereocenters. The second-order valence-corrected chi connectivity index (χ2v) is 3.67. The van der Waals surface area contributed by atoms with Gasteiger partial charge in [0.2, 0.25) is 6.33 Å². The predicted molar refractivity (Wildman–Crippen MR) is 54.7 cm³/mol. The van der Waals surface area contributed by atoms with Crippen molar-refractivity contribution in [1.82, 2.24) is 4.57 Å². The lowest BCUT2D eigenvalue weighted by molar-refractivity contribution is -0.702. The third-order valence-electron chi connectivity index (χ3n) is 2.59. The van der Waals surface area contributed by atoms with Gasteiger partial charge in [-0.2, -0.15) is 0 Å². The van der Waals surface area contributed by atoms with E-state index in [2.05, 4.69) is 43.2 Å². The molecule has 0 bridgehead atoms. The van der Waals surface area contributed by atoms with Crippen LogP contribution in [0.15, 0.2) is 6.33 Å². The number of hydrogen-bond donors (Lipinski definition) is 0. The fraction of sp³-hybridized carbons (Fsp3) is 0.727. The van der Waals surface area contributed by atoms with E-state index in [-0.39, 0.29) is 0 Å². The van der Waals surface area contributed by atoms with Crippen LogP contribution in [0.4, 0.5) is 0 Å². The molecular weight excluding hydrogens is 160 g/mol. The quantitative estimate of drug-likeness (QED) is 0.630. The van der Waals surface area contributed by atoms with E-state index in [0.29, 0.717) is 0 Å². The maximum Gasteiger partial charge on any atom is 0.244 e. The number of aromatic nitrogens is 2. The highest BCUT2D eigenvalue weighted by molar-refractivity contribution is 5.02. The van der Waals surface area contributed by atoms with Crippen LogP contribution < -0.4 is 4.57 Å². The van der Waals surface area contributed by atoms with E-state index < -0.39 is 0 Å². The van der Waals surface area contributed by atoms with E-state index in [0.717, 1.165) is 13.1 Å². The van der Waals surface area contributed by atoms with Crippen molar-refractivity contribution in [2.24, 2.45) is 0 Å². The normalized spacial score (nSPS) is 10.8. The molecule has 0 aliphatic heterocycles. The van der Waals surface area contributed by atoms with Crippen LogP contribution in [0.5, 0.6) is 0 Å². The molecule has 0 saturated heterocycles. The van der Waals surface area contributed by atoms with Crippen molar-refractivity contribution < 1.29 is 4.57 Å². The minimum Gasteiger partial charge on any atom is -0.234 e. The van der Waals surface area contributed by atoms with Crippen molar-refractivity contribution in [3.05, 3.63) is 17.7 Å². The van der Waals surface area contributed by atoms with E-state index in [1.54, 1.807) is 0 Å². The van der Waals surface area contributed by atoms with Gasteiger partial charge in [0.1, 0.15) is 11.4 Å². The van der Waals surface area contributed by atoms with Crippen molar-refractivity contribution in [2.75, 3.05) is 0 Å². The van der Waals surface area contributed by atoms with Gasteiger partial charge >= 0.3 is 0 Å². The lowest BCUT2D eigenvalue weighted by Crippen LogP contribution is -2.34.